The topological polar surface area (TPSA) is 17.1 Å². The average molecular weight is 178 g/mol. The Morgan fingerprint density at radius 3 is 2.77 bits per heavy atom. The van der Waals surface area contributed by atoms with Gasteiger partial charge in [-0.05, 0) is 62.2 Å². The van der Waals surface area contributed by atoms with Crippen molar-refractivity contribution < 1.29 is 4.79 Å². The number of hydrogen-bond acceptors (Lipinski definition) is 1. The normalized spacial score (nSPS) is 50.7. The number of hydrogen-bond donors (Lipinski definition) is 0. The van der Waals surface area contributed by atoms with Gasteiger partial charge >= 0.3 is 0 Å². The van der Waals surface area contributed by atoms with Crippen LogP contribution in [0.15, 0.2) is 0 Å². The minimum Gasteiger partial charge on any atom is -0.300 e. The van der Waals surface area contributed by atoms with Crippen molar-refractivity contribution >= 4 is 5.78 Å². The Bertz CT molecular complexity index is 258. The van der Waals surface area contributed by atoms with E-state index in [1.54, 1.807) is 6.92 Å². The van der Waals surface area contributed by atoms with Gasteiger partial charge in [0, 0.05) is 6.42 Å². The minimum atomic E-state index is 0.389. The van der Waals surface area contributed by atoms with E-state index in [0.717, 1.165) is 24.2 Å². The molecule has 0 aromatic rings. The summed E-state index contributed by atoms with van der Waals surface area (Å²) in [5.41, 5.74) is 0.666. The smallest absolute Gasteiger partial charge is 0.129 e. The van der Waals surface area contributed by atoms with E-state index in [0.29, 0.717) is 11.2 Å². The lowest BCUT2D eigenvalue weighted by atomic mass is 9.51. The van der Waals surface area contributed by atoms with E-state index < -0.39 is 0 Å². The highest BCUT2D eigenvalue weighted by molar-refractivity contribution is 5.75. The van der Waals surface area contributed by atoms with Gasteiger partial charge in [0.1, 0.15) is 5.78 Å². The van der Waals surface area contributed by atoms with Crippen molar-refractivity contribution in [1.82, 2.24) is 0 Å². The summed E-state index contributed by atoms with van der Waals surface area (Å²) in [7, 11) is 0. The van der Waals surface area contributed by atoms with Crippen molar-refractivity contribution in [3.63, 3.8) is 0 Å². The van der Waals surface area contributed by atoms with Crippen LogP contribution < -0.4 is 0 Å². The van der Waals surface area contributed by atoms with Crippen LogP contribution in [0.4, 0.5) is 0 Å². The molecule has 3 aliphatic rings. The molecule has 4 unspecified atom stereocenters. The molecule has 3 aliphatic carbocycles. The number of rotatable bonds is 3. The summed E-state index contributed by atoms with van der Waals surface area (Å²) < 4.78 is 0. The maximum Gasteiger partial charge on any atom is 0.129 e. The molecule has 3 fully saturated rings. The Kier molecular flexibility index (Phi) is 1.46. The zero-order valence-corrected chi connectivity index (χ0v) is 8.38. The third-order valence-corrected chi connectivity index (χ3v) is 4.92. The standard InChI is InChI=1S/C12H18O/c1-8(13)2-3-12-6-9-4-10(7-12)11(12)5-9/h9-11H,2-7H2,1H3. The third-order valence-electron chi connectivity index (χ3n) is 4.92. The van der Waals surface area contributed by atoms with Crippen LogP contribution in [0.5, 0.6) is 0 Å². The highest BCUT2D eigenvalue weighted by atomic mass is 16.1. The first kappa shape index (κ1) is 8.02. The molecule has 0 radical (unpaired) electrons. The molecular weight excluding hydrogens is 160 g/mol. The largest absolute Gasteiger partial charge is 0.300 e. The van der Waals surface area contributed by atoms with Gasteiger partial charge in [0.15, 0.2) is 0 Å². The van der Waals surface area contributed by atoms with Crippen LogP contribution in [-0.2, 0) is 4.79 Å². The molecule has 3 saturated carbocycles. The van der Waals surface area contributed by atoms with E-state index in [-0.39, 0.29) is 0 Å². The zero-order valence-electron chi connectivity index (χ0n) is 8.38. The van der Waals surface area contributed by atoms with Crippen LogP contribution >= 0.6 is 0 Å². The van der Waals surface area contributed by atoms with Crippen molar-refractivity contribution in [3.8, 4) is 0 Å². The summed E-state index contributed by atoms with van der Waals surface area (Å²) in [6.07, 6.45) is 7.99. The zero-order chi connectivity index (χ0) is 9.05. The second-order valence-corrected chi connectivity index (χ2v) is 5.68. The number of carbonyl (C=O) groups is 1. The van der Waals surface area contributed by atoms with Gasteiger partial charge in [0.25, 0.3) is 0 Å². The molecule has 0 heterocycles. The minimum absolute atomic E-state index is 0.389. The summed E-state index contributed by atoms with van der Waals surface area (Å²) in [6.45, 7) is 1.74. The van der Waals surface area contributed by atoms with Crippen molar-refractivity contribution in [1.29, 1.82) is 0 Å². The Morgan fingerprint density at radius 1 is 1.38 bits per heavy atom. The lowest BCUT2D eigenvalue weighted by Gasteiger charge is -2.54. The van der Waals surface area contributed by atoms with Crippen LogP contribution in [0.1, 0.15) is 45.4 Å². The lowest BCUT2D eigenvalue weighted by molar-refractivity contribution is -0.119. The SMILES string of the molecule is CC(=O)CCC12CC3CC(C1)C2C3. The maximum absolute atomic E-state index is 11.0. The molecule has 0 aromatic carbocycles. The first-order chi connectivity index (χ1) is 6.20. The monoisotopic (exact) mass is 178 g/mol. The number of fused-ring (bicyclic) bond motifs is 1. The van der Waals surface area contributed by atoms with Crippen LogP contribution in [0.25, 0.3) is 0 Å². The van der Waals surface area contributed by atoms with Gasteiger partial charge in [0.2, 0.25) is 0 Å². The van der Waals surface area contributed by atoms with Gasteiger partial charge in [-0.25, -0.2) is 0 Å². The molecule has 0 N–H and O–H groups in total. The highest BCUT2D eigenvalue weighted by Crippen LogP contribution is 2.72. The molecule has 13 heavy (non-hydrogen) atoms. The van der Waals surface area contributed by atoms with Gasteiger partial charge < -0.3 is 4.79 Å². The molecule has 72 valence electrons. The molecule has 0 aromatic heterocycles. The van der Waals surface area contributed by atoms with E-state index in [1.807, 2.05) is 0 Å². The van der Waals surface area contributed by atoms with E-state index in [4.69, 9.17) is 0 Å². The Balaban J connectivity index is 1.68. The second kappa shape index (κ2) is 2.37. The van der Waals surface area contributed by atoms with Crippen molar-refractivity contribution in [2.75, 3.05) is 0 Å². The molecule has 2 bridgehead atoms. The first-order valence-electron chi connectivity index (χ1n) is 5.69. The Labute approximate surface area is 79.9 Å². The second-order valence-electron chi connectivity index (χ2n) is 5.68. The van der Waals surface area contributed by atoms with Crippen LogP contribution in [0.2, 0.25) is 0 Å². The van der Waals surface area contributed by atoms with Crippen molar-refractivity contribution in [2.45, 2.75) is 45.4 Å². The Morgan fingerprint density at radius 2 is 2.23 bits per heavy atom. The fourth-order valence-corrected chi connectivity index (χ4v) is 4.52. The van der Waals surface area contributed by atoms with Gasteiger partial charge in [0.05, 0.1) is 0 Å². The summed E-state index contributed by atoms with van der Waals surface area (Å²) in [4.78, 5) is 11.0. The molecule has 3 rings (SSSR count). The first-order valence-corrected chi connectivity index (χ1v) is 5.69. The predicted octanol–water partition coefficient (Wildman–Crippen LogP) is 2.79. The average Bonchev–Trinajstić information content (AvgIpc) is 2.54. The molecule has 1 nitrogen and oxygen atoms in total. The molecule has 1 heteroatoms. The molecule has 0 saturated heterocycles. The summed E-state index contributed by atoms with van der Waals surface area (Å²) in [6, 6.07) is 0. The summed E-state index contributed by atoms with van der Waals surface area (Å²) in [5.74, 6) is 3.55. The molecule has 0 spiro atoms. The number of Topliss-reactive ketones (excluding diaryl/α,β-unsaturated/α-hetero) is 1. The van der Waals surface area contributed by atoms with Gasteiger partial charge in [-0.3, -0.25) is 0 Å². The molecule has 4 atom stereocenters. The third kappa shape index (κ3) is 0.963. The summed E-state index contributed by atoms with van der Waals surface area (Å²) in [5, 5.41) is 0. The van der Waals surface area contributed by atoms with Gasteiger partial charge in [-0.15, -0.1) is 0 Å². The van der Waals surface area contributed by atoms with Gasteiger partial charge in [-0.1, -0.05) is 0 Å². The molecule has 0 amide bonds. The van der Waals surface area contributed by atoms with Crippen LogP contribution in [-0.4, -0.2) is 5.78 Å². The van der Waals surface area contributed by atoms with Crippen molar-refractivity contribution in [3.05, 3.63) is 0 Å². The van der Waals surface area contributed by atoms with Crippen LogP contribution in [0.3, 0.4) is 0 Å². The van der Waals surface area contributed by atoms with E-state index >= 15 is 0 Å². The number of ketones is 1. The summed E-state index contributed by atoms with van der Waals surface area (Å²) >= 11 is 0. The van der Waals surface area contributed by atoms with Crippen molar-refractivity contribution in [2.24, 2.45) is 23.2 Å². The quantitative estimate of drug-likeness (QED) is 0.649. The number of carbonyl (C=O) groups excluding carboxylic acids is 1. The van der Waals surface area contributed by atoms with Gasteiger partial charge in [-0.2, -0.15) is 0 Å². The predicted molar refractivity (Wildman–Crippen MR) is 51.3 cm³/mol. The fraction of sp³-hybridized carbons (Fsp3) is 0.917. The molecule has 0 aliphatic heterocycles. The molecular formula is C12H18O. The van der Waals surface area contributed by atoms with Crippen LogP contribution in [0, 0.1) is 23.2 Å². The van der Waals surface area contributed by atoms with E-state index in [9.17, 15) is 4.79 Å². The lowest BCUT2D eigenvalue weighted by Crippen LogP contribution is -2.45. The van der Waals surface area contributed by atoms with E-state index in [2.05, 4.69) is 0 Å². The van der Waals surface area contributed by atoms with E-state index in [1.165, 1.54) is 32.1 Å². The Hall–Kier alpha value is -0.330. The highest BCUT2D eigenvalue weighted by Gasteiger charge is 2.63. The maximum atomic E-state index is 11.0. The fourth-order valence-electron chi connectivity index (χ4n) is 4.52.